The molecule has 1 aromatic carbocycles. The number of fused-ring (bicyclic) bond motifs is 7. The molecule has 1 heterocycles. The third-order valence-electron chi connectivity index (χ3n) is 14.9. The molecule has 5 aliphatic carbocycles. The second-order valence-electron chi connectivity index (χ2n) is 17.4. The van der Waals surface area contributed by atoms with Crippen LogP contribution in [0.25, 0.3) is 11.3 Å². The summed E-state index contributed by atoms with van der Waals surface area (Å²) in [7, 11) is 0. The van der Waals surface area contributed by atoms with Crippen molar-refractivity contribution in [1.82, 2.24) is 10.2 Å². The van der Waals surface area contributed by atoms with Crippen molar-refractivity contribution in [2.24, 2.45) is 45.8 Å². The van der Waals surface area contributed by atoms with Gasteiger partial charge < -0.3 is 15.2 Å². The van der Waals surface area contributed by atoms with E-state index >= 15 is 0 Å². The van der Waals surface area contributed by atoms with Crippen LogP contribution in [0.3, 0.4) is 0 Å². The van der Waals surface area contributed by atoms with E-state index in [0.29, 0.717) is 22.3 Å². The van der Waals surface area contributed by atoms with E-state index in [4.69, 9.17) is 4.74 Å². The molecule has 1 aliphatic heterocycles. The molecular weight excluding hydrogens is 576 g/mol. The first-order chi connectivity index (χ1) is 22.5. The lowest BCUT2D eigenvalue weighted by molar-refractivity contribution is -0.172. The van der Waals surface area contributed by atoms with Gasteiger partial charge in [-0.3, -0.25) is 4.90 Å². The van der Waals surface area contributed by atoms with Gasteiger partial charge >= 0.3 is 0 Å². The maximum absolute atomic E-state index is 9.87. The first-order valence-electron chi connectivity index (χ1n) is 19.3. The van der Waals surface area contributed by atoms with E-state index in [-0.39, 0.29) is 11.2 Å². The topological polar surface area (TPSA) is 44.7 Å². The first-order valence-corrected chi connectivity index (χ1v) is 19.3. The van der Waals surface area contributed by atoms with Gasteiger partial charge in [0.05, 0.1) is 13.2 Å². The van der Waals surface area contributed by atoms with Crippen LogP contribution < -0.4 is 5.32 Å². The van der Waals surface area contributed by atoms with E-state index < -0.39 is 0 Å². The third kappa shape index (κ3) is 6.23. The highest BCUT2D eigenvalue weighted by molar-refractivity contribution is 5.73. The van der Waals surface area contributed by atoms with Crippen molar-refractivity contribution in [2.75, 3.05) is 39.4 Å². The van der Waals surface area contributed by atoms with Gasteiger partial charge in [-0.15, -0.1) is 6.58 Å². The van der Waals surface area contributed by atoms with Gasteiger partial charge in [0.25, 0.3) is 0 Å². The number of aliphatic hydroxyl groups is 1. The lowest BCUT2D eigenvalue weighted by Crippen LogP contribution is -2.63. The number of nitrogens with one attached hydrogen (secondary N) is 1. The minimum absolute atomic E-state index is 0.140. The Morgan fingerprint density at radius 3 is 2.36 bits per heavy atom. The fraction of sp³-hybridized carbons (Fsp3) is 0.721. The van der Waals surface area contributed by atoms with E-state index in [1.807, 2.05) is 19.1 Å². The highest BCUT2D eigenvalue weighted by Gasteiger charge is 2.65. The van der Waals surface area contributed by atoms with Crippen molar-refractivity contribution in [1.29, 1.82) is 0 Å². The van der Waals surface area contributed by atoms with Crippen LogP contribution in [-0.4, -0.2) is 54.9 Å². The van der Waals surface area contributed by atoms with Gasteiger partial charge in [-0.25, -0.2) is 0 Å². The molecule has 0 radical (unpaired) electrons. The summed E-state index contributed by atoms with van der Waals surface area (Å²) in [5.41, 5.74) is 5.05. The molecule has 47 heavy (non-hydrogen) atoms. The van der Waals surface area contributed by atoms with Crippen LogP contribution in [0, 0.1) is 45.8 Å². The Kier molecular flexibility index (Phi) is 10.3. The molecule has 1 aromatic rings. The highest BCUT2D eigenvalue weighted by atomic mass is 16.5. The Hall–Kier alpha value is -1.88. The summed E-state index contributed by atoms with van der Waals surface area (Å²) in [5, 5.41) is 14.1. The van der Waals surface area contributed by atoms with Gasteiger partial charge in [0, 0.05) is 24.2 Å². The van der Waals surface area contributed by atoms with Gasteiger partial charge in [-0.1, -0.05) is 77.1 Å². The van der Waals surface area contributed by atoms with Crippen LogP contribution in [0.2, 0.25) is 0 Å². The van der Waals surface area contributed by atoms with Crippen LogP contribution in [0.1, 0.15) is 116 Å². The normalized spacial score (nSPS) is 39.2. The SMILES string of the molecule is C=C(O)c1ccc(C2=CCC3(C)C(CCC4(C)C5CCC6(NCCCN7CCOCC7)CCCC6C5CCC43)C2(C)C)cc1.C=CC. The zero-order valence-corrected chi connectivity index (χ0v) is 30.6. The number of allylic oxidation sites excluding steroid dienone is 3. The summed E-state index contributed by atoms with van der Waals surface area (Å²) < 4.78 is 5.56. The minimum Gasteiger partial charge on any atom is -0.508 e. The number of benzene rings is 1. The average Bonchev–Trinajstić information content (AvgIpc) is 3.48. The van der Waals surface area contributed by atoms with E-state index in [9.17, 15) is 5.11 Å². The summed E-state index contributed by atoms with van der Waals surface area (Å²) in [6, 6.07) is 8.48. The number of nitrogens with zero attached hydrogens (tertiary/aromatic N) is 1. The van der Waals surface area contributed by atoms with E-state index in [0.717, 1.165) is 55.5 Å². The average molecular weight is 643 g/mol. The number of ether oxygens (including phenoxy) is 1. The van der Waals surface area contributed by atoms with Gasteiger partial charge in [0.1, 0.15) is 5.76 Å². The summed E-state index contributed by atoms with van der Waals surface area (Å²) in [6.07, 6.45) is 19.7. The molecule has 0 aromatic heterocycles. The number of hydrogen-bond donors (Lipinski definition) is 2. The summed E-state index contributed by atoms with van der Waals surface area (Å²) >= 11 is 0. The molecule has 0 spiro atoms. The fourth-order valence-electron chi connectivity index (χ4n) is 12.9. The first kappa shape index (κ1) is 35.0. The van der Waals surface area contributed by atoms with Crippen LogP contribution in [0.15, 0.2) is 49.6 Å². The molecule has 7 rings (SSSR count). The second kappa shape index (κ2) is 13.8. The monoisotopic (exact) mass is 643 g/mol. The minimum atomic E-state index is 0.140. The number of rotatable bonds is 7. The molecule has 4 saturated carbocycles. The Morgan fingerprint density at radius 1 is 0.936 bits per heavy atom. The number of hydrogen-bond acceptors (Lipinski definition) is 4. The molecule has 4 heteroatoms. The Balaban J connectivity index is 0.00000124. The lowest BCUT2D eigenvalue weighted by atomic mass is 9.37. The Labute approximate surface area is 287 Å². The smallest absolute Gasteiger partial charge is 0.115 e. The maximum atomic E-state index is 9.87. The molecule has 6 aliphatic rings. The number of aliphatic hydroxyl groups excluding tert-OH is 1. The van der Waals surface area contributed by atoms with E-state index in [2.05, 4.69) is 69.3 Å². The van der Waals surface area contributed by atoms with E-state index in [1.54, 1.807) is 6.08 Å². The summed E-state index contributed by atoms with van der Waals surface area (Å²) in [5.74, 6) is 4.39. The quantitative estimate of drug-likeness (QED) is 0.177. The molecular formula is C43H66N2O2. The maximum Gasteiger partial charge on any atom is 0.115 e. The van der Waals surface area contributed by atoms with Crippen LogP contribution >= 0.6 is 0 Å². The van der Waals surface area contributed by atoms with Crippen LogP contribution in [-0.2, 0) is 4.74 Å². The zero-order chi connectivity index (χ0) is 33.5. The van der Waals surface area contributed by atoms with Crippen molar-refractivity contribution < 1.29 is 9.84 Å². The highest BCUT2D eigenvalue weighted by Crippen LogP contribution is 2.72. The molecule has 260 valence electrons. The predicted octanol–water partition coefficient (Wildman–Crippen LogP) is 9.93. The molecule has 4 nitrogen and oxygen atoms in total. The standard InChI is InChI=1S/C40H60N2O2.C3H6/c1-28(43)29-9-11-30(12-10-29)32-15-19-39(5)35(37(32,2)3)17-20-38(4)33-16-21-40(41-22-7-23-42-24-26-44-27-25-42)18-6-8-34(40)31(33)13-14-36(38)39;1-3-2/h9-12,15,31,33-36,41,43H,1,6-8,13-14,16-27H2,2-5H3;3H,1H2,2H3. The van der Waals surface area contributed by atoms with Crippen molar-refractivity contribution >= 4 is 11.3 Å². The summed E-state index contributed by atoms with van der Waals surface area (Å²) in [4.78, 5) is 2.60. The molecule has 8 unspecified atom stereocenters. The van der Waals surface area contributed by atoms with E-state index in [1.165, 1.54) is 94.9 Å². The molecule has 0 bridgehead atoms. The predicted molar refractivity (Wildman–Crippen MR) is 198 cm³/mol. The van der Waals surface area contributed by atoms with Gasteiger partial charge in [-0.05, 0) is 141 Å². The van der Waals surface area contributed by atoms with Crippen LogP contribution in [0.5, 0.6) is 0 Å². The van der Waals surface area contributed by atoms with Gasteiger partial charge in [0.15, 0.2) is 0 Å². The zero-order valence-electron chi connectivity index (χ0n) is 30.6. The largest absolute Gasteiger partial charge is 0.508 e. The third-order valence-corrected chi connectivity index (χ3v) is 14.9. The second-order valence-corrected chi connectivity index (χ2v) is 17.4. The Morgan fingerprint density at radius 2 is 1.66 bits per heavy atom. The molecule has 0 amide bonds. The molecule has 5 fully saturated rings. The van der Waals surface area contributed by atoms with Gasteiger partial charge in [-0.2, -0.15) is 0 Å². The van der Waals surface area contributed by atoms with Crippen molar-refractivity contribution in [3.8, 4) is 0 Å². The van der Waals surface area contributed by atoms with Crippen molar-refractivity contribution in [2.45, 2.75) is 111 Å². The van der Waals surface area contributed by atoms with Crippen molar-refractivity contribution in [3.05, 3.63) is 60.7 Å². The molecule has 2 N–H and O–H groups in total. The fourth-order valence-corrected chi connectivity index (χ4v) is 12.9. The van der Waals surface area contributed by atoms with Gasteiger partial charge in [0.2, 0.25) is 0 Å². The lowest BCUT2D eigenvalue weighted by Gasteiger charge is -2.68. The molecule has 1 saturated heterocycles. The van der Waals surface area contributed by atoms with Crippen LogP contribution in [0.4, 0.5) is 0 Å². The van der Waals surface area contributed by atoms with Crippen molar-refractivity contribution in [3.63, 3.8) is 0 Å². The molecule has 8 atom stereocenters. The number of morpholine rings is 1. The Bertz CT molecular complexity index is 1290. The summed E-state index contributed by atoms with van der Waals surface area (Å²) in [6.45, 7) is 26.0.